The maximum atomic E-state index is 12.9. The SMILES string of the molecule is CCNC(=O)c1cc(C(=O)N[C@@H]2C[C@H]2C)cn(Cc2cccc(OCCO)c2)c1=O. The Morgan fingerprint density at radius 3 is 2.70 bits per heavy atom. The maximum Gasteiger partial charge on any atom is 0.263 e. The van der Waals surface area contributed by atoms with Gasteiger partial charge in [0, 0.05) is 18.8 Å². The van der Waals surface area contributed by atoms with Gasteiger partial charge in [0.2, 0.25) is 0 Å². The summed E-state index contributed by atoms with van der Waals surface area (Å²) >= 11 is 0. The van der Waals surface area contributed by atoms with Crippen LogP contribution in [-0.4, -0.2) is 47.3 Å². The van der Waals surface area contributed by atoms with E-state index in [2.05, 4.69) is 17.6 Å². The van der Waals surface area contributed by atoms with Crippen molar-refractivity contribution in [3.63, 3.8) is 0 Å². The van der Waals surface area contributed by atoms with Crippen LogP contribution in [0.2, 0.25) is 0 Å². The molecule has 3 rings (SSSR count). The molecule has 1 saturated carbocycles. The van der Waals surface area contributed by atoms with Gasteiger partial charge in [-0.25, -0.2) is 0 Å². The number of aromatic nitrogens is 1. The minimum Gasteiger partial charge on any atom is -0.491 e. The van der Waals surface area contributed by atoms with E-state index in [1.165, 1.54) is 16.8 Å². The van der Waals surface area contributed by atoms with Crippen molar-refractivity contribution in [1.29, 1.82) is 0 Å². The monoisotopic (exact) mass is 413 g/mol. The minimum atomic E-state index is -0.509. The summed E-state index contributed by atoms with van der Waals surface area (Å²) in [5.41, 5.74) is 0.491. The molecule has 3 N–H and O–H groups in total. The van der Waals surface area contributed by atoms with E-state index in [-0.39, 0.29) is 42.8 Å². The topological polar surface area (TPSA) is 110 Å². The third-order valence-electron chi connectivity index (χ3n) is 4.97. The number of amides is 2. The van der Waals surface area contributed by atoms with Gasteiger partial charge in [0.05, 0.1) is 18.7 Å². The highest BCUT2D eigenvalue weighted by Crippen LogP contribution is 2.29. The Labute approximate surface area is 174 Å². The van der Waals surface area contributed by atoms with Gasteiger partial charge < -0.3 is 25.0 Å². The molecule has 30 heavy (non-hydrogen) atoms. The van der Waals surface area contributed by atoms with Crippen LogP contribution in [0.25, 0.3) is 0 Å². The van der Waals surface area contributed by atoms with Gasteiger partial charge in [0.25, 0.3) is 17.4 Å². The molecule has 0 unspecified atom stereocenters. The number of nitrogens with zero attached hydrogens (tertiary/aromatic N) is 1. The Balaban J connectivity index is 1.92. The number of aliphatic hydroxyl groups is 1. The smallest absolute Gasteiger partial charge is 0.263 e. The lowest BCUT2D eigenvalue weighted by Crippen LogP contribution is -2.35. The first-order valence-corrected chi connectivity index (χ1v) is 10.1. The van der Waals surface area contributed by atoms with E-state index in [0.29, 0.717) is 18.2 Å². The summed E-state index contributed by atoms with van der Waals surface area (Å²) in [6, 6.07) is 8.60. The Kier molecular flexibility index (Phi) is 6.89. The summed E-state index contributed by atoms with van der Waals surface area (Å²) in [7, 11) is 0. The lowest BCUT2D eigenvalue weighted by molar-refractivity contribution is 0.0948. The molecule has 0 saturated heterocycles. The van der Waals surface area contributed by atoms with Crippen LogP contribution in [0.4, 0.5) is 0 Å². The van der Waals surface area contributed by atoms with E-state index in [4.69, 9.17) is 9.84 Å². The summed E-state index contributed by atoms with van der Waals surface area (Å²) in [5, 5.41) is 14.5. The molecule has 1 heterocycles. The lowest BCUT2D eigenvalue weighted by Gasteiger charge is -2.13. The molecule has 0 bridgehead atoms. The molecule has 2 atom stereocenters. The number of nitrogens with one attached hydrogen (secondary N) is 2. The van der Waals surface area contributed by atoms with Crippen LogP contribution in [0.15, 0.2) is 41.3 Å². The number of aliphatic hydroxyl groups excluding tert-OH is 1. The van der Waals surface area contributed by atoms with Crippen LogP contribution < -0.4 is 20.9 Å². The fraction of sp³-hybridized carbons (Fsp3) is 0.409. The summed E-state index contributed by atoms with van der Waals surface area (Å²) in [4.78, 5) is 38.0. The molecule has 8 nitrogen and oxygen atoms in total. The molecule has 0 spiro atoms. The van der Waals surface area contributed by atoms with E-state index >= 15 is 0 Å². The average molecular weight is 413 g/mol. The summed E-state index contributed by atoms with van der Waals surface area (Å²) in [6.45, 7) is 4.43. The predicted octanol–water partition coefficient (Wildman–Crippen LogP) is 1.16. The summed E-state index contributed by atoms with van der Waals surface area (Å²) in [5.74, 6) is 0.189. The number of ether oxygens (including phenoxy) is 1. The van der Waals surface area contributed by atoms with Crippen LogP contribution in [0, 0.1) is 5.92 Å². The van der Waals surface area contributed by atoms with Gasteiger partial charge in [-0.1, -0.05) is 19.1 Å². The Hall–Kier alpha value is -3.13. The molecule has 1 aliphatic carbocycles. The van der Waals surface area contributed by atoms with Crippen molar-refractivity contribution < 1.29 is 19.4 Å². The largest absolute Gasteiger partial charge is 0.491 e. The number of rotatable bonds is 9. The second-order valence-corrected chi connectivity index (χ2v) is 7.45. The number of hydrogen-bond donors (Lipinski definition) is 3. The van der Waals surface area contributed by atoms with Crippen LogP contribution >= 0.6 is 0 Å². The number of hydrogen-bond acceptors (Lipinski definition) is 5. The van der Waals surface area contributed by atoms with E-state index in [9.17, 15) is 14.4 Å². The van der Waals surface area contributed by atoms with E-state index in [1.54, 1.807) is 25.1 Å². The first-order valence-electron chi connectivity index (χ1n) is 10.1. The van der Waals surface area contributed by atoms with Crippen molar-refractivity contribution in [1.82, 2.24) is 15.2 Å². The average Bonchev–Trinajstić information content (AvgIpc) is 3.42. The lowest BCUT2D eigenvalue weighted by atomic mass is 10.1. The van der Waals surface area contributed by atoms with Crippen molar-refractivity contribution >= 4 is 11.8 Å². The number of carbonyl (C=O) groups excluding carboxylic acids is 2. The van der Waals surface area contributed by atoms with Crippen LogP contribution in [0.3, 0.4) is 0 Å². The maximum absolute atomic E-state index is 12.9. The minimum absolute atomic E-state index is 0.0685. The van der Waals surface area contributed by atoms with Gasteiger partial charge in [-0.3, -0.25) is 14.4 Å². The van der Waals surface area contributed by atoms with Crippen LogP contribution in [0.1, 0.15) is 46.5 Å². The van der Waals surface area contributed by atoms with Gasteiger partial charge >= 0.3 is 0 Å². The summed E-state index contributed by atoms with van der Waals surface area (Å²) in [6.07, 6.45) is 2.41. The van der Waals surface area contributed by atoms with Crippen LogP contribution in [0.5, 0.6) is 5.75 Å². The molecule has 8 heteroatoms. The molecule has 0 radical (unpaired) electrons. The second kappa shape index (κ2) is 9.58. The molecule has 0 aliphatic heterocycles. The zero-order valence-electron chi connectivity index (χ0n) is 17.2. The van der Waals surface area contributed by atoms with Crippen molar-refractivity contribution in [2.24, 2.45) is 5.92 Å². The molecular formula is C22H27N3O5. The number of pyridine rings is 1. The van der Waals surface area contributed by atoms with Crippen LogP contribution in [-0.2, 0) is 6.54 Å². The third kappa shape index (κ3) is 5.27. The highest BCUT2D eigenvalue weighted by molar-refractivity contribution is 5.99. The third-order valence-corrected chi connectivity index (χ3v) is 4.97. The molecule has 2 aromatic rings. The van der Waals surface area contributed by atoms with Gasteiger partial charge in [-0.05, 0) is 43.0 Å². The Bertz CT molecular complexity index is 985. The van der Waals surface area contributed by atoms with Crippen molar-refractivity contribution in [2.75, 3.05) is 19.8 Å². The zero-order chi connectivity index (χ0) is 21.7. The molecule has 1 fully saturated rings. The van der Waals surface area contributed by atoms with Crippen molar-refractivity contribution in [3.8, 4) is 5.75 Å². The normalized spacial score (nSPS) is 17.3. The summed E-state index contributed by atoms with van der Waals surface area (Å²) < 4.78 is 6.78. The van der Waals surface area contributed by atoms with Crippen molar-refractivity contribution in [2.45, 2.75) is 32.9 Å². The number of carbonyl (C=O) groups is 2. The molecule has 2 amide bonds. The highest BCUT2D eigenvalue weighted by atomic mass is 16.5. The van der Waals surface area contributed by atoms with E-state index in [1.807, 2.05) is 6.07 Å². The Morgan fingerprint density at radius 2 is 2.03 bits per heavy atom. The molecule has 160 valence electrons. The van der Waals surface area contributed by atoms with Gasteiger partial charge in [-0.15, -0.1) is 0 Å². The fourth-order valence-corrected chi connectivity index (χ4v) is 3.16. The molecular weight excluding hydrogens is 386 g/mol. The fourth-order valence-electron chi connectivity index (χ4n) is 3.16. The first-order chi connectivity index (χ1) is 14.4. The molecule has 1 aromatic heterocycles. The molecule has 1 aromatic carbocycles. The van der Waals surface area contributed by atoms with E-state index < -0.39 is 11.5 Å². The number of benzene rings is 1. The predicted molar refractivity (Wildman–Crippen MR) is 112 cm³/mol. The molecule has 1 aliphatic rings. The first kappa shape index (κ1) is 21.6. The highest BCUT2D eigenvalue weighted by Gasteiger charge is 2.34. The Morgan fingerprint density at radius 1 is 1.27 bits per heavy atom. The van der Waals surface area contributed by atoms with Gasteiger partial charge in [0.15, 0.2) is 0 Å². The zero-order valence-corrected chi connectivity index (χ0v) is 17.2. The quantitative estimate of drug-likeness (QED) is 0.571. The van der Waals surface area contributed by atoms with Gasteiger partial charge in [0.1, 0.15) is 17.9 Å². The second-order valence-electron chi connectivity index (χ2n) is 7.45. The van der Waals surface area contributed by atoms with Gasteiger partial charge in [-0.2, -0.15) is 0 Å². The standard InChI is InChI=1S/C22H27N3O5/c1-3-23-21(28)18-11-16(20(27)24-19-9-14(19)2)13-25(22(18)29)12-15-5-4-6-17(10-15)30-8-7-26/h4-6,10-11,13-14,19,26H,3,7-9,12H2,1-2H3,(H,23,28)(H,24,27)/t14-,19-/m1/s1. The van der Waals surface area contributed by atoms with Crippen molar-refractivity contribution in [3.05, 3.63) is 63.6 Å². The van der Waals surface area contributed by atoms with E-state index in [0.717, 1.165) is 12.0 Å².